The van der Waals surface area contributed by atoms with Crippen LogP contribution in [0.3, 0.4) is 0 Å². The largest absolute Gasteiger partial charge is 0.485 e. The maximum atomic E-state index is 11.1. The lowest BCUT2D eigenvalue weighted by atomic mass is 10.2. The lowest BCUT2D eigenvalue weighted by molar-refractivity contribution is -0.385. The molecular weight excluding hydrogens is 330 g/mol. The number of benzene rings is 2. The van der Waals surface area contributed by atoms with Crippen molar-refractivity contribution in [3.8, 4) is 5.75 Å². The van der Waals surface area contributed by atoms with E-state index in [0.717, 1.165) is 44.8 Å². The number of ether oxygens (including phenoxy) is 1. The van der Waals surface area contributed by atoms with Crippen LogP contribution in [0.4, 0.5) is 5.69 Å². The zero-order chi connectivity index (χ0) is 18.4. The Balaban J connectivity index is 1.43. The van der Waals surface area contributed by atoms with E-state index >= 15 is 0 Å². The van der Waals surface area contributed by atoms with Crippen molar-refractivity contribution in [2.75, 3.05) is 39.3 Å². The Labute approximate surface area is 154 Å². The standard InChI is InChI=1S/C20H25N3O3/c1-17-7-8-19(23(24)25)20(15-17)26-14-13-21-9-11-22(12-10-21)16-18-5-3-2-4-6-18/h2-8,15H,9-14,16H2,1H3. The third kappa shape index (κ3) is 5.03. The van der Waals surface area contributed by atoms with Crippen molar-refractivity contribution < 1.29 is 9.66 Å². The SMILES string of the molecule is Cc1ccc([N+](=O)[O-])c(OCCN2CCN(Cc3ccccc3)CC2)c1. The molecule has 6 nitrogen and oxygen atoms in total. The van der Waals surface area contributed by atoms with Crippen molar-refractivity contribution in [3.63, 3.8) is 0 Å². The van der Waals surface area contributed by atoms with E-state index in [0.29, 0.717) is 12.4 Å². The van der Waals surface area contributed by atoms with Crippen LogP contribution in [0.25, 0.3) is 0 Å². The summed E-state index contributed by atoms with van der Waals surface area (Å²) in [7, 11) is 0. The minimum absolute atomic E-state index is 0.0308. The highest BCUT2D eigenvalue weighted by Crippen LogP contribution is 2.27. The van der Waals surface area contributed by atoms with Crippen molar-refractivity contribution in [3.05, 3.63) is 69.8 Å². The Kier molecular flexibility index (Phi) is 6.20. The van der Waals surface area contributed by atoms with Crippen molar-refractivity contribution >= 4 is 5.69 Å². The van der Waals surface area contributed by atoms with Gasteiger partial charge in [0.05, 0.1) is 4.92 Å². The highest BCUT2D eigenvalue weighted by atomic mass is 16.6. The zero-order valence-electron chi connectivity index (χ0n) is 15.1. The molecule has 6 heteroatoms. The summed E-state index contributed by atoms with van der Waals surface area (Å²) in [5.74, 6) is 0.359. The van der Waals surface area contributed by atoms with Gasteiger partial charge in [-0.1, -0.05) is 36.4 Å². The third-order valence-electron chi connectivity index (χ3n) is 4.69. The fourth-order valence-electron chi connectivity index (χ4n) is 3.19. The first-order chi connectivity index (χ1) is 12.6. The van der Waals surface area contributed by atoms with Crippen molar-refractivity contribution in [1.29, 1.82) is 0 Å². The van der Waals surface area contributed by atoms with Gasteiger partial charge in [-0.2, -0.15) is 0 Å². The minimum Gasteiger partial charge on any atom is -0.485 e. The summed E-state index contributed by atoms with van der Waals surface area (Å²) in [6, 6.07) is 15.5. The average molecular weight is 355 g/mol. The highest BCUT2D eigenvalue weighted by Gasteiger charge is 2.18. The molecule has 138 valence electrons. The lowest BCUT2D eigenvalue weighted by Gasteiger charge is -2.34. The molecule has 0 N–H and O–H groups in total. The number of nitro groups is 1. The predicted octanol–water partition coefficient (Wildman–Crippen LogP) is 3.10. The normalized spacial score (nSPS) is 15.7. The van der Waals surface area contributed by atoms with Crippen LogP contribution in [0.1, 0.15) is 11.1 Å². The van der Waals surface area contributed by atoms with Crippen LogP contribution in [-0.4, -0.2) is 54.1 Å². The van der Waals surface area contributed by atoms with Crippen LogP contribution in [0.5, 0.6) is 5.75 Å². The first kappa shape index (κ1) is 18.4. The number of rotatable bonds is 7. The van der Waals surface area contributed by atoms with Crippen LogP contribution >= 0.6 is 0 Å². The summed E-state index contributed by atoms with van der Waals surface area (Å²) in [5, 5.41) is 11.1. The van der Waals surface area contributed by atoms with Gasteiger partial charge in [0, 0.05) is 45.3 Å². The molecular formula is C20H25N3O3. The van der Waals surface area contributed by atoms with E-state index in [1.807, 2.05) is 13.0 Å². The Morgan fingerprint density at radius 3 is 2.42 bits per heavy atom. The van der Waals surface area contributed by atoms with E-state index in [9.17, 15) is 10.1 Å². The lowest BCUT2D eigenvalue weighted by Crippen LogP contribution is -2.47. The third-order valence-corrected chi connectivity index (χ3v) is 4.69. The molecule has 1 saturated heterocycles. The molecule has 0 amide bonds. The molecule has 0 unspecified atom stereocenters. The summed E-state index contributed by atoms with van der Waals surface area (Å²) >= 11 is 0. The predicted molar refractivity (Wildman–Crippen MR) is 101 cm³/mol. The van der Waals surface area contributed by atoms with Crippen LogP contribution in [-0.2, 0) is 6.54 Å². The Bertz CT molecular complexity index is 728. The molecule has 1 fully saturated rings. The number of nitrogens with zero attached hydrogens (tertiary/aromatic N) is 3. The van der Waals surface area contributed by atoms with E-state index in [1.54, 1.807) is 12.1 Å². The second-order valence-electron chi connectivity index (χ2n) is 6.68. The minimum atomic E-state index is -0.392. The summed E-state index contributed by atoms with van der Waals surface area (Å²) in [6.45, 7) is 8.17. The molecule has 26 heavy (non-hydrogen) atoms. The van der Waals surface area contributed by atoms with Gasteiger partial charge in [-0.25, -0.2) is 0 Å². The number of aryl methyl sites for hydroxylation is 1. The van der Waals surface area contributed by atoms with E-state index in [-0.39, 0.29) is 5.69 Å². The number of hydrogen-bond donors (Lipinski definition) is 0. The van der Waals surface area contributed by atoms with Gasteiger partial charge in [0.15, 0.2) is 5.75 Å². The molecule has 0 aromatic heterocycles. The highest BCUT2D eigenvalue weighted by molar-refractivity contribution is 5.48. The summed E-state index contributed by atoms with van der Waals surface area (Å²) in [4.78, 5) is 15.5. The van der Waals surface area contributed by atoms with Crippen LogP contribution < -0.4 is 4.74 Å². The summed E-state index contributed by atoms with van der Waals surface area (Å²) in [6.07, 6.45) is 0. The van der Waals surface area contributed by atoms with E-state index in [1.165, 1.54) is 11.6 Å². The number of piperazine rings is 1. The van der Waals surface area contributed by atoms with E-state index in [2.05, 4.69) is 34.1 Å². The van der Waals surface area contributed by atoms with Gasteiger partial charge in [-0.05, 0) is 24.1 Å². The average Bonchev–Trinajstić information content (AvgIpc) is 2.64. The number of nitro benzene ring substituents is 1. The molecule has 1 heterocycles. The number of hydrogen-bond acceptors (Lipinski definition) is 5. The Morgan fingerprint density at radius 1 is 1.04 bits per heavy atom. The van der Waals surface area contributed by atoms with Gasteiger partial charge in [-0.3, -0.25) is 19.9 Å². The van der Waals surface area contributed by atoms with Crippen LogP contribution in [0.2, 0.25) is 0 Å². The fourth-order valence-corrected chi connectivity index (χ4v) is 3.19. The van der Waals surface area contributed by atoms with Crippen molar-refractivity contribution in [2.24, 2.45) is 0 Å². The quantitative estimate of drug-likeness (QED) is 0.564. The zero-order valence-corrected chi connectivity index (χ0v) is 15.1. The van der Waals surface area contributed by atoms with Gasteiger partial charge in [0.25, 0.3) is 0 Å². The maximum absolute atomic E-state index is 11.1. The second kappa shape index (κ2) is 8.78. The molecule has 0 spiro atoms. The molecule has 2 aromatic carbocycles. The molecule has 0 atom stereocenters. The molecule has 0 radical (unpaired) electrons. The van der Waals surface area contributed by atoms with Crippen LogP contribution in [0.15, 0.2) is 48.5 Å². The van der Waals surface area contributed by atoms with Crippen LogP contribution in [0, 0.1) is 17.0 Å². The second-order valence-corrected chi connectivity index (χ2v) is 6.68. The maximum Gasteiger partial charge on any atom is 0.310 e. The molecule has 0 aliphatic carbocycles. The Hall–Kier alpha value is -2.44. The molecule has 1 aliphatic heterocycles. The van der Waals surface area contributed by atoms with Gasteiger partial charge >= 0.3 is 5.69 Å². The molecule has 0 saturated carbocycles. The molecule has 1 aliphatic rings. The van der Waals surface area contributed by atoms with Crippen molar-refractivity contribution in [2.45, 2.75) is 13.5 Å². The van der Waals surface area contributed by atoms with E-state index < -0.39 is 4.92 Å². The monoisotopic (exact) mass is 355 g/mol. The first-order valence-electron chi connectivity index (χ1n) is 8.98. The molecule has 0 bridgehead atoms. The first-order valence-corrected chi connectivity index (χ1v) is 8.98. The van der Waals surface area contributed by atoms with Gasteiger partial charge in [0.2, 0.25) is 0 Å². The fraction of sp³-hybridized carbons (Fsp3) is 0.400. The summed E-state index contributed by atoms with van der Waals surface area (Å²) in [5.41, 5.74) is 2.33. The Morgan fingerprint density at radius 2 is 1.73 bits per heavy atom. The van der Waals surface area contributed by atoms with E-state index in [4.69, 9.17) is 4.74 Å². The summed E-state index contributed by atoms with van der Waals surface area (Å²) < 4.78 is 5.71. The smallest absolute Gasteiger partial charge is 0.310 e. The van der Waals surface area contributed by atoms with Crippen molar-refractivity contribution in [1.82, 2.24) is 9.80 Å². The van der Waals surface area contributed by atoms with Gasteiger partial charge in [0.1, 0.15) is 6.61 Å². The topological polar surface area (TPSA) is 58.9 Å². The van der Waals surface area contributed by atoms with Gasteiger partial charge < -0.3 is 4.74 Å². The molecule has 3 rings (SSSR count). The van der Waals surface area contributed by atoms with Gasteiger partial charge in [-0.15, -0.1) is 0 Å². The molecule has 2 aromatic rings.